The number of rotatable bonds is 7. The largest absolute Gasteiger partial charge is 0.492 e. The molecule has 8 nitrogen and oxygen atoms in total. The van der Waals surface area contributed by atoms with Gasteiger partial charge in [0.05, 0.1) is 22.9 Å². The van der Waals surface area contributed by atoms with Gasteiger partial charge in [0.1, 0.15) is 18.2 Å². The molecule has 33 heavy (non-hydrogen) atoms. The van der Waals surface area contributed by atoms with Crippen molar-refractivity contribution in [2.45, 2.75) is 0 Å². The average molecular weight is 516 g/mol. The molecule has 2 aromatic carbocycles. The Morgan fingerprint density at radius 1 is 1.30 bits per heavy atom. The molecule has 1 saturated heterocycles. The van der Waals surface area contributed by atoms with Crippen LogP contribution in [0.3, 0.4) is 0 Å². The van der Waals surface area contributed by atoms with Gasteiger partial charge in [0.15, 0.2) is 0 Å². The van der Waals surface area contributed by atoms with Gasteiger partial charge in [-0.3, -0.25) is 19.2 Å². The van der Waals surface area contributed by atoms with E-state index in [1.54, 1.807) is 35.1 Å². The first-order valence-corrected chi connectivity index (χ1v) is 11.2. The molecule has 3 aromatic rings. The second-order valence-corrected chi connectivity index (χ2v) is 8.47. The number of hydrogen-bond acceptors (Lipinski definition) is 5. The number of carbonyl (C=O) groups is 2. The summed E-state index contributed by atoms with van der Waals surface area (Å²) in [6.45, 7) is 2.77. The lowest BCUT2D eigenvalue weighted by Gasteiger charge is -2.26. The monoisotopic (exact) mass is 515 g/mol. The van der Waals surface area contributed by atoms with Gasteiger partial charge < -0.3 is 15.4 Å². The number of hydrogen-bond donors (Lipinski definition) is 2. The number of nitrogens with one attached hydrogen (secondary N) is 2. The summed E-state index contributed by atoms with van der Waals surface area (Å²) in [6.07, 6.45) is 1.68. The average Bonchev–Trinajstić information content (AvgIpc) is 3.12. The number of nitrogens with zero attached hydrogens (tertiary/aromatic N) is 3. The number of amides is 2. The minimum absolute atomic E-state index is 0.0131. The molecule has 2 heterocycles. The Morgan fingerprint density at radius 2 is 2.15 bits per heavy atom. The zero-order chi connectivity index (χ0) is 23.4. The Bertz CT molecular complexity index is 1160. The van der Waals surface area contributed by atoms with Crippen LogP contribution in [0.25, 0.3) is 11.3 Å². The highest BCUT2D eigenvalue weighted by Crippen LogP contribution is 2.36. The summed E-state index contributed by atoms with van der Waals surface area (Å²) < 4.78 is 22.0. The zero-order valence-electron chi connectivity index (χ0n) is 18.0. The molecular formula is C23H23BrFN5O3. The molecular weight excluding hydrogens is 493 g/mol. The van der Waals surface area contributed by atoms with Crippen molar-refractivity contribution < 1.29 is 18.7 Å². The molecule has 0 saturated carbocycles. The number of carbonyl (C=O) groups excluding carboxylic acids is 2. The van der Waals surface area contributed by atoms with Gasteiger partial charge in [-0.1, -0.05) is 6.07 Å². The fraction of sp³-hybridized carbons (Fsp3) is 0.261. The summed E-state index contributed by atoms with van der Waals surface area (Å²) in [7, 11) is 1.81. The molecule has 1 aliphatic heterocycles. The van der Waals surface area contributed by atoms with Crippen LogP contribution in [0.5, 0.6) is 5.75 Å². The highest BCUT2D eigenvalue weighted by atomic mass is 79.9. The van der Waals surface area contributed by atoms with Gasteiger partial charge in [-0.05, 0) is 52.3 Å². The summed E-state index contributed by atoms with van der Waals surface area (Å²) in [5.74, 6) is -0.262. The molecule has 10 heteroatoms. The van der Waals surface area contributed by atoms with Crippen LogP contribution in [0.2, 0.25) is 0 Å². The van der Waals surface area contributed by atoms with E-state index in [1.807, 2.05) is 11.9 Å². The van der Waals surface area contributed by atoms with E-state index >= 15 is 0 Å². The van der Waals surface area contributed by atoms with Crippen LogP contribution in [0, 0.1) is 5.82 Å². The van der Waals surface area contributed by atoms with Gasteiger partial charge in [-0.15, -0.1) is 0 Å². The van der Waals surface area contributed by atoms with Crippen molar-refractivity contribution in [2.75, 3.05) is 38.1 Å². The van der Waals surface area contributed by atoms with E-state index in [-0.39, 0.29) is 11.5 Å². The van der Waals surface area contributed by atoms with E-state index < -0.39 is 11.7 Å². The number of aryl methyl sites for hydroxylation is 1. The predicted molar refractivity (Wildman–Crippen MR) is 126 cm³/mol. The van der Waals surface area contributed by atoms with Crippen molar-refractivity contribution >= 4 is 33.4 Å². The van der Waals surface area contributed by atoms with Gasteiger partial charge in [0.2, 0.25) is 5.91 Å². The maximum absolute atomic E-state index is 13.5. The second kappa shape index (κ2) is 10.1. The molecule has 0 radical (unpaired) electrons. The third-order valence-corrected chi connectivity index (χ3v) is 5.84. The molecule has 0 spiro atoms. The van der Waals surface area contributed by atoms with Crippen molar-refractivity contribution in [1.82, 2.24) is 20.0 Å². The minimum atomic E-state index is -0.475. The van der Waals surface area contributed by atoms with E-state index in [0.29, 0.717) is 37.7 Å². The molecule has 1 aliphatic rings. The first-order valence-electron chi connectivity index (χ1n) is 10.4. The van der Waals surface area contributed by atoms with Crippen LogP contribution >= 0.6 is 15.9 Å². The highest BCUT2D eigenvalue weighted by molar-refractivity contribution is 9.10. The standard InChI is InChI=1S/C23H23BrFN5O3/c1-29-22(19(24)13-27-29)18-12-17(28-23(32)15-3-2-4-16(25)11-15)5-6-20(18)33-10-9-30-8-7-26-21(31)14-30/h2-6,11-13H,7-10,14H2,1H3,(H,26,31)(H,28,32). The first-order chi connectivity index (χ1) is 15.9. The summed E-state index contributed by atoms with van der Waals surface area (Å²) in [4.78, 5) is 26.2. The highest BCUT2D eigenvalue weighted by Gasteiger charge is 2.18. The molecule has 1 aromatic heterocycles. The van der Waals surface area contributed by atoms with E-state index in [2.05, 4.69) is 31.7 Å². The van der Waals surface area contributed by atoms with E-state index in [9.17, 15) is 14.0 Å². The summed E-state index contributed by atoms with van der Waals surface area (Å²) >= 11 is 3.52. The maximum atomic E-state index is 13.5. The van der Waals surface area contributed by atoms with Crippen molar-refractivity contribution in [1.29, 1.82) is 0 Å². The Morgan fingerprint density at radius 3 is 2.88 bits per heavy atom. The number of piperazine rings is 1. The smallest absolute Gasteiger partial charge is 0.255 e. The fourth-order valence-electron chi connectivity index (χ4n) is 3.63. The lowest BCUT2D eigenvalue weighted by Crippen LogP contribution is -2.48. The summed E-state index contributed by atoms with van der Waals surface area (Å²) in [5.41, 5.74) is 2.27. The zero-order valence-corrected chi connectivity index (χ0v) is 19.6. The van der Waals surface area contributed by atoms with Gasteiger partial charge in [-0.25, -0.2) is 4.39 Å². The second-order valence-electron chi connectivity index (χ2n) is 7.61. The fourth-order valence-corrected chi connectivity index (χ4v) is 4.19. The molecule has 2 N–H and O–H groups in total. The third-order valence-electron chi connectivity index (χ3n) is 5.26. The predicted octanol–water partition coefficient (Wildman–Crippen LogP) is 3.05. The Balaban J connectivity index is 1.55. The molecule has 0 bridgehead atoms. The van der Waals surface area contributed by atoms with Crippen LogP contribution in [0.4, 0.5) is 10.1 Å². The lowest BCUT2D eigenvalue weighted by molar-refractivity contribution is -0.124. The first kappa shape index (κ1) is 22.9. The molecule has 0 aliphatic carbocycles. The van der Waals surface area contributed by atoms with Crippen molar-refractivity contribution in [3.63, 3.8) is 0 Å². The molecule has 0 atom stereocenters. The van der Waals surface area contributed by atoms with Crippen LogP contribution < -0.4 is 15.4 Å². The van der Waals surface area contributed by atoms with E-state index in [1.165, 1.54) is 18.2 Å². The number of benzene rings is 2. The van der Waals surface area contributed by atoms with Gasteiger partial charge in [0.25, 0.3) is 5.91 Å². The molecule has 172 valence electrons. The van der Waals surface area contributed by atoms with Crippen LogP contribution in [-0.2, 0) is 11.8 Å². The molecule has 0 unspecified atom stereocenters. The number of aromatic nitrogens is 2. The quantitative estimate of drug-likeness (QED) is 0.504. The summed E-state index contributed by atoms with van der Waals surface area (Å²) in [5, 5.41) is 9.89. The topological polar surface area (TPSA) is 88.5 Å². The lowest BCUT2D eigenvalue weighted by atomic mass is 10.1. The summed E-state index contributed by atoms with van der Waals surface area (Å²) in [6, 6.07) is 10.8. The van der Waals surface area contributed by atoms with Crippen molar-refractivity contribution in [3.8, 4) is 17.0 Å². The van der Waals surface area contributed by atoms with E-state index in [0.717, 1.165) is 22.3 Å². The van der Waals surface area contributed by atoms with E-state index in [4.69, 9.17) is 4.74 Å². The Labute approximate surface area is 198 Å². The third kappa shape index (κ3) is 5.58. The molecule has 4 rings (SSSR count). The normalized spacial score (nSPS) is 14.1. The van der Waals surface area contributed by atoms with Gasteiger partial charge in [-0.2, -0.15) is 5.10 Å². The Hall–Kier alpha value is -3.24. The van der Waals surface area contributed by atoms with Crippen molar-refractivity contribution in [2.24, 2.45) is 7.05 Å². The Kier molecular flexibility index (Phi) is 7.05. The number of anilines is 1. The SMILES string of the molecule is Cn1ncc(Br)c1-c1cc(NC(=O)c2cccc(F)c2)ccc1OCCN1CCNC(=O)C1. The van der Waals surface area contributed by atoms with Gasteiger partial charge in [0, 0.05) is 43.5 Å². The van der Waals surface area contributed by atoms with Crippen molar-refractivity contribution in [3.05, 3.63) is 64.5 Å². The van der Waals surface area contributed by atoms with Gasteiger partial charge >= 0.3 is 0 Å². The molecule has 1 fully saturated rings. The number of ether oxygens (including phenoxy) is 1. The number of halogens is 2. The van der Waals surface area contributed by atoms with Crippen LogP contribution in [0.15, 0.2) is 53.1 Å². The molecule has 2 amide bonds. The maximum Gasteiger partial charge on any atom is 0.255 e. The van der Waals surface area contributed by atoms with Crippen LogP contribution in [-0.4, -0.2) is 59.3 Å². The minimum Gasteiger partial charge on any atom is -0.492 e. The van der Waals surface area contributed by atoms with Crippen LogP contribution in [0.1, 0.15) is 10.4 Å².